The van der Waals surface area contributed by atoms with Gasteiger partial charge in [0, 0.05) is 5.56 Å². The van der Waals surface area contributed by atoms with Crippen LogP contribution in [0.1, 0.15) is 19.4 Å². The van der Waals surface area contributed by atoms with E-state index in [4.69, 9.17) is 9.47 Å². The molecule has 1 saturated heterocycles. The van der Waals surface area contributed by atoms with E-state index >= 15 is 0 Å². The summed E-state index contributed by atoms with van der Waals surface area (Å²) in [6, 6.07) is 9.62. The number of ether oxygens (including phenoxy) is 2. The number of hydrogen-bond donors (Lipinski definition) is 0. The second kappa shape index (κ2) is 4.85. The summed E-state index contributed by atoms with van der Waals surface area (Å²) in [6.45, 7) is 4.45. The third-order valence-electron chi connectivity index (χ3n) is 2.54. The fourth-order valence-electron chi connectivity index (χ4n) is 1.79. The van der Waals surface area contributed by atoms with E-state index in [1.165, 1.54) is 6.21 Å². The van der Waals surface area contributed by atoms with Crippen LogP contribution in [0.5, 0.6) is 0 Å². The lowest BCUT2D eigenvalue weighted by molar-refractivity contribution is -0.472. The highest BCUT2D eigenvalue weighted by Gasteiger charge is 2.33. The fraction of sp³-hybridized carbons (Fsp3) is 0.462. The molecule has 1 aromatic rings. The van der Waals surface area contributed by atoms with Crippen LogP contribution in [0.4, 0.5) is 0 Å². The van der Waals surface area contributed by atoms with E-state index in [9.17, 15) is 5.21 Å². The van der Waals surface area contributed by atoms with E-state index in [1.54, 1.807) is 0 Å². The smallest absolute Gasteiger partial charge is 0.182 e. The summed E-state index contributed by atoms with van der Waals surface area (Å²) in [5, 5.41) is 11.7. The Balaban J connectivity index is 1.94. The molecule has 4 heteroatoms. The second-order valence-electron chi connectivity index (χ2n) is 4.58. The Kier molecular flexibility index (Phi) is 3.45. The van der Waals surface area contributed by atoms with Gasteiger partial charge in [-0.05, 0) is 13.8 Å². The molecule has 1 fully saturated rings. The predicted octanol–water partition coefficient (Wildman–Crippen LogP) is 1.92. The number of hydroxylamine groups is 1. The molecule has 17 heavy (non-hydrogen) atoms. The maximum atomic E-state index is 11.7. The Labute approximate surface area is 101 Å². The highest BCUT2D eigenvalue weighted by atomic mass is 16.7. The molecule has 0 unspecified atom stereocenters. The molecule has 0 aromatic heterocycles. The first-order chi connectivity index (χ1) is 8.05. The molecule has 92 valence electrons. The van der Waals surface area contributed by atoms with Crippen molar-refractivity contribution in [1.82, 2.24) is 0 Å². The Bertz CT molecular complexity index is 400. The molecule has 1 aromatic carbocycles. The first-order valence-electron chi connectivity index (χ1n) is 5.70. The van der Waals surface area contributed by atoms with E-state index in [0.717, 1.165) is 10.3 Å². The lowest BCUT2D eigenvalue weighted by Gasteiger charge is -2.15. The Morgan fingerprint density at radius 3 is 2.71 bits per heavy atom. The zero-order chi connectivity index (χ0) is 12.3. The first kappa shape index (κ1) is 12.1. The fourth-order valence-corrected chi connectivity index (χ4v) is 1.79. The molecule has 0 bridgehead atoms. The summed E-state index contributed by atoms with van der Waals surface area (Å²) >= 11 is 0. The molecule has 0 N–H and O–H groups in total. The molecule has 0 radical (unpaired) electrons. The zero-order valence-electron chi connectivity index (χ0n) is 10.1. The van der Waals surface area contributed by atoms with Crippen LogP contribution < -0.4 is 0 Å². The third-order valence-corrected chi connectivity index (χ3v) is 2.54. The van der Waals surface area contributed by atoms with Crippen LogP contribution in [0.2, 0.25) is 0 Å². The van der Waals surface area contributed by atoms with E-state index < -0.39 is 5.79 Å². The van der Waals surface area contributed by atoms with Gasteiger partial charge in [0.2, 0.25) is 0 Å². The summed E-state index contributed by atoms with van der Waals surface area (Å²) in [7, 11) is 0. The third kappa shape index (κ3) is 3.54. The molecule has 0 spiro atoms. The minimum Gasteiger partial charge on any atom is -0.624 e. The standard InChI is InChI=1S/C13H17NO3/c1-13(2)16-10-12(17-13)9-14(15)8-11-6-4-3-5-7-11/h3-7,9,12H,8,10H2,1-2H3/b14-9-/t12-/m0/s1. The topological polar surface area (TPSA) is 44.5 Å². The average Bonchev–Trinajstić information content (AvgIpc) is 2.59. The predicted molar refractivity (Wildman–Crippen MR) is 64.7 cm³/mol. The molecule has 1 aliphatic rings. The maximum Gasteiger partial charge on any atom is 0.182 e. The van der Waals surface area contributed by atoms with Gasteiger partial charge in [0.1, 0.15) is 0 Å². The minimum atomic E-state index is -0.589. The molecule has 4 nitrogen and oxygen atoms in total. The number of hydrogen-bond acceptors (Lipinski definition) is 3. The second-order valence-corrected chi connectivity index (χ2v) is 4.58. The van der Waals surface area contributed by atoms with Crippen LogP contribution in [0.25, 0.3) is 0 Å². The normalized spacial score (nSPS) is 23.9. The molecule has 0 aliphatic carbocycles. The Morgan fingerprint density at radius 2 is 2.12 bits per heavy atom. The summed E-state index contributed by atoms with van der Waals surface area (Å²) in [5.41, 5.74) is 0.983. The van der Waals surface area contributed by atoms with Crippen molar-refractivity contribution < 1.29 is 14.2 Å². The largest absolute Gasteiger partial charge is 0.624 e. The first-order valence-corrected chi connectivity index (χ1v) is 5.70. The van der Waals surface area contributed by atoms with Gasteiger partial charge >= 0.3 is 0 Å². The lowest BCUT2D eigenvalue weighted by Crippen LogP contribution is -2.24. The van der Waals surface area contributed by atoms with Gasteiger partial charge in [0.05, 0.1) is 6.61 Å². The Morgan fingerprint density at radius 1 is 1.41 bits per heavy atom. The van der Waals surface area contributed by atoms with Gasteiger partial charge < -0.3 is 14.7 Å². The summed E-state index contributed by atoms with van der Waals surface area (Å²) in [4.78, 5) is 0. The van der Waals surface area contributed by atoms with Crippen LogP contribution in [-0.2, 0) is 16.0 Å². The van der Waals surface area contributed by atoms with Gasteiger partial charge in [-0.2, -0.15) is 0 Å². The maximum absolute atomic E-state index is 11.7. The SMILES string of the molecule is CC1(C)OC[C@H](/C=[N+](\[O-])Cc2ccccc2)O1. The van der Waals surface area contributed by atoms with Crippen molar-refractivity contribution in [3.63, 3.8) is 0 Å². The van der Waals surface area contributed by atoms with Crippen molar-refractivity contribution in [2.45, 2.75) is 32.3 Å². The van der Waals surface area contributed by atoms with Crippen LogP contribution in [0.15, 0.2) is 30.3 Å². The minimum absolute atomic E-state index is 0.258. The number of rotatable bonds is 3. The molecule has 2 rings (SSSR count). The molecular weight excluding hydrogens is 218 g/mol. The van der Waals surface area contributed by atoms with Crippen molar-refractivity contribution in [2.24, 2.45) is 0 Å². The van der Waals surface area contributed by atoms with E-state index in [1.807, 2.05) is 44.2 Å². The summed E-state index contributed by atoms with van der Waals surface area (Å²) in [5.74, 6) is -0.589. The van der Waals surface area contributed by atoms with Gasteiger partial charge in [-0.25, -0.2) is 4.74 Å². The van der Waals surface area contributed by atoms with Gasteiger partial charge in [0.25, 0.3) is 0 Å². The molecule has 1 heterocycles. The van der Waals surface area contributed by atoms with E-state index in [2.05, 4.69) is 0 Å². The van der Waals surface area contributed by atoms with Crippen molar-refractivity contribution in [3.05, 3.63) is 41.1 Å². The monoisotopic (exact) mass is 235 g/mol. The average molecular weight is 235 g/mol. The van der Waals surface area contributed by atoms with E-state index in [0.29, 0.717) is 13.2 Å². The van der Waals surface area contributed by atoms with Crippen LogP contribution in [0, 0.1) is 5.21 Å². The number of nitrogens with zero attached hydrogens (tertiary/aromatic N) is 1. The summed E-state index contributed by atoms with van der Waals surface area (Å²) < 4.78 is 11.8. The van der Waals surface area contributed by atoms with Gasteiger partial charge in [-0.3, -0.25) is 0 Å². The van der Waals surface area contributed by atoms with Crippen LogP contribution in [-0.4, -0.2) is 29.5 Å². The number of benzene rings is 1. The van der Waals surface area contributed by atoms with Crippen molar-refractivity contribution in [2.75, 3.05) is 6.61 Å². The van der Waals surface area contributed by atoms with E-state index in [-0.39, 0.29) is 6.10 Å². The van der Waals surface area contributed by atoms with Crippen LogP contribution >= 0.6 is 0 Å². The Hall–Kier alpha value is -1.39. The van der Waals surface area contributed by atoms with Gasteiger partial charge in [0.15, 0.2) is 24.7 Å². The van der Waals surface area contributed by atoms with Crippen molar-refractivity contribution in [1.29, 1.82) is 0 Å². The molecular formula is C13H17NO3. The van der Waals surface area contributed by atoms with Crippen LogP contribution in [0.3, 0.4) is 0 Å². The van der Waals surface area contributed by atoms with Crippen molar-refractivity contribution >= 4 is 6.21 Å². The lowest BCUT2D eigenvalue weighted by atomic mass is 10.2. The highest BCUT2D eigenvalue weighted by Crippen LogP contribution is 2.21. The molecule has 0 saturated carbocycles. The molecule has 1 atom stereocenters. The van der Waals surface area contributed by atoms with Gasteiger partial charge in [-0.15, -0.1) is 0 Å². The molecule has 1 aliphatic heterocycles. The highest BCUT2D eigenvalue weighted by molar-refractivity contribution is 5.58. The quantitative estimate of drug-likeness (QED) is 0.348. The molecule has 0 amide bonds. The zero-order valence-corrected chi connectivity index (χ0v) is 10.1. The van der Waals surface area contributed by atoms with Crippen molar-refractivity contribution in [3.8, 4) is 0 Å². The summed E-state index contributed by atoms with van der Waals surface area (Å²) in [6.07, 6.45) is 1.27. The van der Waals surface area contributed by atoms with Gasteiger partial charge in [-0.1, -0.05) is 30.3 Å².